The molecular weight excluding hydrogens is 2350 g/mol. The van der Waals surface area contributed by atoms with Crippen LogP contribution in [0.1, 0.15) is 69.6 Å². The Morgan fingerprint density at radius 1 is 0.215 bits per heavy atom. The number of pyridine rings is 9. The molecule has 12 aromatic heterocycles. The van der Waals surface area contributed by atoms with Gasteiger partial charge in [-0.25, -0.2) is 0 Å². The van der Waals surface area contributed by atoms with Gasteiger partial charge in [-0.3, -0.25) is 0 Å². The number of hydrogen-bond donors (Lipinski definition) is 0. The number of para-hydroxylation sites is 3. The molecule has 0 amide bonds. The standard InChI is InChI=1S/3C22H21N2.2C12H10N.4C11H8N.3Ir/c1-15(2)14-24-21-10-5-4-7-17(21)18-8-6-9-19(22(18)24)20-12-11-16(3)13-23-20;1-15(2)14-24-21-7-5-4-6-18(21)19-10-9-17(12-22(19)24)20-11-8-16(3)13-23-20;1-15(2)14-24-21-7-5-4-6-18(21)19-12-17(9-11-22(19)24)20-10-8-16(3)13-23-20;2*1-10-6-5-9-12(13-10)11-7-3-2-4-8-11;4*1-2-6-10(7-3-1)11-8-4-5-9-12-11;;;/h3*4-8,10-13,15H,14H2,1-3H3;2*2-7,9H,1H3;4*1-6,8-9H;;;/q9*-1;3*+3. The average molecular weight is 2470 g/mol. The summed E-state index contributed by atoms with van der Waals surface area (Å²) in [5, 5.41) is 7.73. The molecule has 12 aromatic carbocycles. The third-order valence-electron chi connectivity index (χ3n) is 23.7. The second-order valence-corrected chi connectivity index (χ2v) is 36.5. The van der Waals surface area contributed by atoms with Crippen molar-refractivity contribution in [3.8, 4) is 101 Å². The zero-order valence-electron chi connectivity index (χ0n) is 85.4. The summed E-state index contributed by atoms with van der Waals surface area (Å²) in [6, 6.07) is 163. The predicted octanol–water partition coefficient (Wildman–Crippen LogP) is 32.8. The SMILES string of the molecule is Cc1ccc(-c2[c-]cc3c(c2)c2ccccc2n3CC(C)C)nc1.Cc1ccc(-c2[c-]cc3c4ccccc4n(CC(C)C)c3c2)nc1.Cc1ccc(-c2[c-]ccc3c4ccccc4n(CC(C)C)c23)nc1.Cc1cccc(-c2[c-]cccc2)n1.Cc1cccc(-c2[c-]cccc2)n1.[Ir+3].[Ir+3].[Ir+3].[c-]1ccccc1-c1ccccn1.[c-]1ccccc1-c1ccccn1.[c-]1ccccc1-c1ccccn1.[c-]1ccccc1-c1ccccn1. The van der Waals surface area contributed by atoms with Crippen LogP contribution in [0.4, 0.5) is 0 Å². The molecule has 0 spiro atoms. The number of aromatic nitrogens is 12. The summed E-state index contributed by atoms with van der Waals surface area (Å²) in [7, 11) is 0. The zero-order valence-corrected chi connectivity index (χ0v) is 92.6. The van der Waals surface area contributed by atoms with Crippen molar-refractivity contribution in [2.75, 3.05) is 0 Å². The van der Waals surface area contributed by atoms with Crippen LogP contribution in [0.25, 0.3) is 167 Å². The van der Waals surface area contributed by atoms with E-state index in [1.807, 2.05) is 293 Å². The third-order valence-corrected chi connectivity index (χ3v) is 23.7. The van der Waals surface area contributed by atoms with Gasteiger partial charge in [-0.1, -0.05) is 221 Å². The van der Waals surface area contributed by atoms with E-state index in [9.17, 15) is 0 Å². The van der Waals surface area contributed by atoms with Crippen LogP contribution in [-0.4, -0.2) is 58.6 Å². The Bertz CT molecular complexity index is 7610. The van der Waals surface area contributed by atoms with E-state index in [2.05, 4.69) is 315 Å². The van der Waals surface area contributed by atoms with E-state index in [1.165, 1.54) is 82.1 Å². The van der Waals surface area contributed by atoms with Gasteiger partial charge in [0.2, 0.25) is 0 Å². The fraction of sp³-hybridized carbons (Fsp3) is 0.127. The Balaban J connectivity index is 0.000000142. The van der Waals surface area contributed by atoms with Crippen molar-refractivity contribution in [3.05, 3.63) is 526 Å². The average Bonchev–Trinajstić information content (AvgIpc) is 1.60. The van der Waals surface area contributed by atoms with Crippen LogP contribution in [0.5, 0.6) is 0 Å². The molecule has 0 aliphatic heterocycles. The van der Waals surface area contributed by atoms with Crippen molar-refractivity contribution in [1.82, 2.24) is 58.6 Å². The topological polar surface area (TPSA) is 131 Å². The molecule has 0 fully saturated rings. The monoisotopic (exact) mass is 2470 g/mol. The first-order valence-corrected chi connectivity index (χ1v) is 49.4. The Hall–Kier alpha value is -15.7. The maximum absolute atomic E-state index is 4.64. The molecular formula is C134H115Ir3N12. The van der Waals surface area contributed by atoms with Crippen LogP contribution in [0.2, 0.25) is 0 Å². The number of aryl methyl sites for hydroxylation is 5. The summed E-state index contributed by atoms with van der Waals surface area (Å²) < 4.78 is 7.28. The van der Waals surface area contributed by atoms with Crippen molar-refractivity contribution < 1.29 is 60.3 Å². The molecule has 0 unspecified atom stereocenters. The predicted molar refractivity (Wildman–Crippen MR) is 604 cm³/mol. The number of rotatable bonds is 15. The molecule has 0 N–H and O–H groups in total. The van der Waals surface area contributed by atoms with Gasteiger partial charge in [0.25, 0.3) is 0 Å². The first-order valence-electron chi connectivity index (χ1n) is 49.4. The second-order valence-electron chi connectivity index (χ2n) is 36.5. The molecule has 12 nitrogen and oxygen atoms in total. The van der Waals surface area contributed by atoms with Gasteiger partial charge in [0.15, 0.2) is 0 Å². The maximum Gasteiger partial charge on any atom is 3.00 e. The normalized spacial score (nSPS) is 10.5. The first-order chi connectivity index (χ1) is 71.5. The van der Waals surface area contributed by atoms with Gasteiger partial charge in [-0.15, -0.1) is 287 Å². The summed E-state index contributed by atoms with van der Waals surface area (Å²) in [4.78, 5) is 39.5. The largest absolute Gasteiger partial charge is 3.00 e. The Labute approximate surface area is 917 Å². The summed E-state index contributed by atoms with van der Waals surface area (Å²) in [5.74, 6) is 1.76. The van der Waals surface area contributed by atoms with E-state index in [1.54, 1.807) is 24.8 Å². The Morgan fingerprint density at radius 3 is 0.872 bits per heavy atom. The van der Waals surface area contributed by atoms with Crippen LogP contribution in [0.3, 0.4) is 0 Å². The molecule has 0 aliphatic rings. The van der Waals surface area contributed by atoms with Crippen LogP contribution >= 0.6 is 0 Å². The molecule has 0 bridgehead atoms. The maximum atomic E-state index is 4.64. The van der Waals surface area contributed by atoms with E-state index >= 15 is 0 Å². The molecule has 24 aromatic rings. The molecule has 0 atom stereocenters. The van der Waals surface area contributed by atoms with Crippen LogP contribution in [0.15, 0.2) is 444 Å². The van der Waals surface area contributed by atoms with Crippen molar-refractivity contribution in [3.63, 3.8) is 0 Å². The third kappa shape index (κ3) is 30.5. The van der Waals surface area contributed by atoms with Gasteiger partial charge in [0.1, 0.15) is 0 Å². The minimum absolute atomic E-state index is 0. The van der Waals surface area contributed by atoms with E-state index in [-0.39, 0.29) is 60.3 Å². The fourth-order valence-corrected chi connectivity index (χ4v) is 16.9. The summed E-state index contributed by atoms with van der Waals surface area (Å²) >= 11 is 0. The molecule has 0 saturated heterocycles. The van der Waals surface area contributed by atoms with Crippen LogP contribution in [-0.2, 0) is 80.0 Å². The fourth-order valence-electron chi connectivity index (χ4n) is 16.9. The molecule has 15 heteroatoms. The Kier molecular flexibility index (Phi) is 41.8. The van der Waals surface area contributed by atoms with Gasteiger partial charge in [0, 0.05) is 91.0 Å². The van der Waals surface area contributed by atoms with E-state index in [0.717, 1.165) is 132 Å². The smallest absolute Gasteiger partial charge is 0.380 e. The van der Waals surface area contributed by atoms with Crippen LogP contribution in [0, 0.1) is 107 Å². The van der Waals surface area contributed by atoms with E-state index in [4.69, 9.17) is 0 Å². The number of fused-ring (bicyclic) bond motifs is 9. The Morgan fingerprint density at radius 2 is 0.523 bits per heavy atom. The number of benzene rings is 12. The molecule has 149 heavy (non-hydrogen) atoms. The molecule has 24 rings (SSSR count). The van der Waals surface area contributed by atoms with Crippen LogP contribution < -0.4 is 0 Å². The van der Waals surface area contributed by atoms with E-state index < -0.39 is 0 Å². The van der Waals surface area contributed by atoms with E-state index in [0.29, 0.717) is 17.8 Å². The van der Waals surface area contributed by atoms with Gasteiger partial charge in [-0.05, 0) is 208 Å². The van der Waals surface area contributed by atoms with Crippen molar-refractivity contribution in [2.45, 2.75) is 95.8 Å². The minimum Gasteiger partial charge on any atom is -0.380 e. The van der Waals surface area contributed by atoms with Crippen molar-refractivity contribution in [2.24, 2.45) is 17.8 Å². The molecule has 738 valence electrons. The molecule has 0 aliphatic carbocycles. The van der Waals surface area contributed by atoms with Crippen molar-refractivity contribution >= 4 is 65.4 Å². The zero-order chi connectivity index (χ0) is 101. The second kappa shape index (κ2) is 56.3. The summed E-state index contributed by atoms with van der Waals surface area (Å²) in [6.07, 6.45) is 12.9. The van der Waals surface area contributed by atoms with Gasteiger partial charge >= 0.3 is 60.3 Å². The first kappa shape index (κ1) is 111. The number of nitrogens with zero attached hydrogens (tertiary/aromatic N) is 12. The quantitative estimate of drug-likeness (QED) is 0.0921. The molecule has 0 radical (unpaired) electrons. The van der Waals surface area contributed by atoms with Gasteiger partial charge in [-0.2, -0.15) is 0 Å². The number of hydrogen-bond acceptors (Lipinski definition) is 9. The minimum atomic E-state index is 0. The van der Waals surface area contributed by atoms with Gasteiger partial charge in [0.05, 0.1) is 0 Å². The summed E-state index contributed by atoms with van der Waals surface area (Å²) in [6.45, 7) is 26.7. The van der Waals surface area contributed by atoms with Crippen molar-refractivity contribution in [1.29, 1.82) is 0 Å². The molecule has 0 saturated carbocycles. The summed E-state index contributed by atoms with van der Waals surface area (Å²) in [5.41, 5.74) is 31.5. The van der Waals surface area contributed by atoms with Gasteiger partial charge < -0.3 is 58.6 Å². The molecule has 12 heterocycles.